The van der Waals surface area contributed by atoms with Crippen LogP contribution in [-0.2, 0) is 9.53 Å². The highest BCUT2D eigenvalue weighted by Gasteiger charge is 2.17. The fourth-order valence-corrected chi connectivity index (χ4v) is 1.40. The van der Waals surface area contributed by atoms with Gasteiger partial charge in [0, 0.05) is 6.42 Å². The molecule has 0 atom stereocenters. The fourth-order valence-electron chi connectivity index (χ4n) is 1.40. The number of rotatable bonds is 8. The molecule has 100 valence electrons. The van der Waals surface area contributed by atoms with E-state index >= 15 is 0 Å². The molecule has 0 spiro atoms. The van der Waals surface area contributed by atoms with Gasteiger partial charge >= 0.3 is 6.09 Å². The number of carbonyl (C=O) groups is 2. The Hall–Kier alpha value is -1.30. The second-order valence-electron chi connectivity index (χ2n) is 4.72. The first kappa shape index (κ1) is 15.7. The number of hydrogen-bond donors (Lipinski definition) is 3. The number of amides is 2. The van der Waals surface area contributed by atoms with Gasteiger partial charge in [0.2, 0.25) is 5.91 Å². The summed E-state index contributed by atoms with van der Waals surface area (Å²) in [6.45, 7) is 5.19. The minimum Gasteiger partial charge on any atom is -0.448 e. The summed E-state index contributed by atoms with van der Waals surface area (Å²) in [5.41, 5.74) is 10.3. The zero-order chi connectivity index (χ0) is 13.3. The van der Waals surface area contributed by atoms with Crippen LogP contribution in [0, 0.1) is 5.41 Å². The molecular weight excluding hydrogens is 222 g/mol. The number of ether oxygens (including phenoxy) is 1. The molecule has 5 N–H and O–H groups in total. The van der Waals surface area contributed by atoms with Gasteiger partial charge < -0.3 is 21.5 Å². The fraction of sp³-hybridized carbons (Fsp3) is 0.818. The first-order valence-corrected chi connectivity index (χ1v) is 5.76. The largest absolute Gasteiger partial charge is 0.448 e. The number of primary amides is 1. The summed E-state index contributed by atoms with van der Waals surface area (Å²) in [4.78, 5) is 21.7. The first-order chi connectivity index (χ1) is 7.87. The van der Waals surface area contributed by atoms with Crippen LogP contribution >= 0.6 is 0 Å². The Bertz CT molecular complexity index is 254. The molecule has 0 aromatic carbocycles. The van der Waals surface area contributed by atoms with Crippen molar-refractivity contribution in [3.05, 3.63) is 0 Å². The lowest BCUT2D eigenvalue weighted by molar-refractivity contribution is -0.121. The van der Waals surface area contributed by atoms with E-state index in [2.05, 4.69) is 23.9 Å². The number of carbonyl (C=O) groups excluding carboxylic acids is 2. The van der Waals surface area contributed by atoms with Crippen LogP contribution in [0.3, 0.4) is 0 Å². The van der Waals surface area contributed by atoms with Crippen molar-refractivity contribution in [2.45, 2.75) is 33.1 Å². The summed E-state index contributed by atoms with van der Waals surface area (Å²) in [7, 11) is 0. The van der Waals surface area contributed by atoms with Crippen LogP contribution in [0.5, 0.6) is 0 Å². The van der Waals surface area contributed by atoms with Gasteiger partial charge in [-0.25, -0.2) is 4.79 Å². The molecule has 17 heavy (non-hydrogen) atoms. The van der Waals surface area contributed by atoms with Crippen molar-refractivity contribution in [1.29, 1.82) is 0 Å². The van der Waals surface area contributed by atoms with E-state index in [9.17, 15) is 9.59 Å². The number of hydrogen-bond acceptors (Lipinski definition) is 4. The van der Waals surface area contributed by atoms with Crippen molar-refractivity contribution >= 4 is 12.0 Å². The molecule has 0 aliphatic carbocycles. The molecule has 0 bridgehead atoms. The van der Waals surface area contributed by atoms with E-state index in [1.165, 1.54) is 0 Å². The minimum atomic E-state index is -0.830. The van der Waals surface area contributed by atoms with Crippen LogP contribution in [0.1, 0.15) is 33.1 Å². The zero-order valence-electron chi connectivity index (χ0n) is 10.6. The highest BCUT2D eigenvalue weighted by molar-refractivity contribution is 5.75. The summed E-state index contributed by atoms with van der Waals surface area (Å²) in [5, 5.41) is 2.65. The van der Waals surface area contributed by atoms with Gasteiger partial charge in [0.1, 0.15) is 6.61 Å². The molecule has 0 aliphatic heterocycles. The molecular formula is C11H23N3O3. The molecule has 0 fully saturated rings. The Labute approximate surface area is 102 Å². The third-order valence-electron chi connectivity index (χ3n) is 2.52. The topological polar surface area (TPSA) is 107 Å². The van der Waals surface area contributed by atoms with Crippen molar-refractivity contribution in [2.24, 2.45) is 16.9 Å². The van der Waals surface area contributed by atoms with Crippen molar-refractivity contribution in [2.75, 3.05) is 19.7 Å². The van der Waals surface area contributed by atoms with E-state index in [-0.39, 0.29) is 17.9 Å². The van der Waals surface area contributed by atoms with Gasteiger partial charge in [-0.2, -0.15) is 0 Å². The van der Waals surface area contributed by atoms with Gasteiger partial charge in [-0.05, 0) is 24.8 Å². The molecule has 2 amide bonds. The Morgan fingerprint density at radius 1 is 1.29 bits per heavy atom. The first-order valence-electron chi connectivity index (χ1n) is 5.76. The second kappa shape index (κ2) is 7.89. The van der Waals surface area contributed by atoms with E-state index in [1.54, 1.807) is 0 Å². The van der Waals surface area contributed by atoms with Crippen LogP contribution in [0.25, 0.3) is 0 Å². The highest BCUT2D eigenvalue weighted by atomic mass is 16.5. The summed E-state index contributed by atoms with van der Waals surface area (Å²) in [6.07, 6.45) is 1.30. The third kappa shape index (κ3) is 9.62. The SMILES string of the molecule is CC(C)(CCN)CCC(=O)NCCOC(N)=O. The average molecular weight is 245 g/mol. The van der Waals surface area contributed by atoms with E-state index in [0.29, 0.717) is 19.5 Å². The van der Waals surface area contributed by atoms with Gasteiger partial charge in [0.15, 0.2) is 0 Å². The molecule has 0 aliphatic rings. The molecule has 6 nitrogen and oxygen atoms in total. The van der Waals surface area contributed by atoms with Gasteiger partial charge in [0.05, 0.1) is 6.54 Å². The number of nitrogens with one attached hydrogen (secondary N) is 1. The minimum absolute atomic E-state index is 0.0526. The van der Waals surface area contributed by atoms with Crippen LogP contribution in [-0.4, -0.2) is 31.7 Å². The number of nitrogens with two attached hydrogens (primary N) is 2. The molecule has 0 aromatic rings. The van der Waals surface area contributed by atoms with Crippen molar-refractivity contribution in [1.82, 2.24) is 5.32 Å². The Morgan fingerprint density at radius 3 is 2.47 bits per heavy atom. The molecule has 6 heteroatoms. The van der Waals surface area contributed by atoms with Crippen molar-refractivity contribution in [3.8, 4) is 0 Å². The van der Waals surface area contributed by atoms with Gasteiger partial charge in [-0.1, -0.05) is 13.8 Å². The second-order valence-corrected chi connectivity index (χ2v) is 4.72. The Kier molecular flexibility index (Phi) is 7.29. The summed E-state index contributed by atoms with van der Waals surface area (Å²) < 4.78 is 4.48. The summed E-state index contributed by atoms with van der Waals surface area (Å²) >= 11 is 0. The lowest BCUT2D eigenvalue weighted by Crippen LogP contribution is -2.30. The predicted octanol–water partition coefficient (Wildman–Crippen LogP) is 0.353. The maximum Gasteiger partial charge on any atom is 0.404 e. The smallest absolute Gasteiger partial charge is 0.404 e. The van der Waals surface area contributed by atoms with E-state index in [1.807, 2.05) is 0 Å². The molecule has 0 aromatic heterocycles. The summed E-state index contributed by atoms with van der Waals surface area (Å²) in [6, 6.07) is 0. The van der Waals surface area contributed by atoms with Gasteiger partial charge in [-0.15, -0.1) is 0 Å². The molecule has 0 saturated carbocycles. The van der Waals surface area contributed by atoms with Crippen LogP contribution in [0.15, 0.2) is 0 Å². The van der Waals surface area contributed by atoms with E-state index in [0.717, 1.165) is 12.8 Å². The van der Waals surface area contributed by atoms with E-state index in [4.69, 9.17) is 11.5 Å². The normalized spacial score (nSPS) is 11.0. The maximum atomic E-state index is 11.4. The molecule has 0 unspecified atom stereocenters. The quantitative estimate of drug-likeness (QED) is 0.536. The predicted molar refractivity (Wildman–Crippen MR) is 65.2 cm³/mol. The molecule has 0 saturated heterocycles. The maximum absolute atomic E-state index is 11.4. The lowest BCUT2D eigenvalue weighted by Gasteiger charge is -2.23. The van der Waals surface area contributed by atoms with Crippen molar-refractivity contribution in [3.63, 3.8) is 0 Å². The highest BCUT2D eigenvalue weighted by Crippen LogP contribution is 2.25. The molecule has 0 heterocycles. The zero-order valence-corrected chi connectivity index (χ0v) is 10.6. The molecule has 0 rings (SSSR count). The Balaban J connectivity index is 3.62. The van der Waals surface area contributed by atoms with Crippen LogP contribution < -0.4 is 16.8 Å². The lowest BCUT2D eigenvalue weighted by atomic mass is 9.84. The summed E-state index contributed by atoms with van der Waals surface area (Å²) in [5.74, 6) is -0.0526. The standard InChI is InChI=1S/C11H23N3O3/c1-11(2,5-6-12)4-3-9(15)14-7-8-17-10(13)16/h3-8,12H2,1-2H3,(H2,13,16)(H,14,15). The van der Waals surface area contributed by atoms with Gasteiger partial charge in [-0.3, -0.25) is 4.79 Å². The average Bonchev–Trinajstić information content (AvgIpc) is 2.21. The Morgan fingerprint density at radius 2 is 1.94 bits per heavy atom. The van der Waals surface area contributed by atoms with Crippen LogP contribution in [0.2, 0.25) is 0 Å². The van der Waals surface area contributed by atoms with Crippen LogP contribution in [0.4, 0.5) is 4.79 Å². The van der Waals surface area contributed by atoms with Gasteiger partial charge in [0.25, 0.3) is 0 Å². The third-order valence-corrected chi connectivity index (χ3v) is 2.52. The monoisotopic (exact) mass is 245 g/mol. The molecule has 0 radical (unpaired) electrons. The van der Waals surface area contributed by atoms with E-state index < -0.39 is 6.09 Å². The van der Waals surface area contributed by atoms with Crippen molar-refractivity contribution < 1.29 is 14.3 Å².